The lowest BCUT2D eigenvalue weighted by Crippen LogP contribution is -2.51. The summed E-state index contributed by atoms with van der Waals surface area (Å²) in [5.41, 5.74) is 3.25. The van der Waals surface area contributed by atoms with Gasteiger partial charge in [0.1, 0.15) is 12.6 Å². The van der Waals surface area contributed by atoms with Crippen molar-refractivity contribution in [2.24, 2.45) is 0 Å². The first-order chi connectivity index (χ1) is 15.0. The Kier molecular flexibility index (Phi) is 8.83. The molecule has 0 saturated carbocycles. The van der Waals surface area contributed by atoms with E-state index in [1.54, 1.807) is 25.1 Å². The van der Waals surface area contributed by atoms with Crippen LogP contribution in [0.15, 0.2) is 48.5 Å². The third-order valence-electron chi connectivity index (χ3n) is 5.16. The molecule has 0 aliphatic carbocycles. The zero-order chi connectivity index (χ0) is 23.9. The van der Waals surface area contributed by atoms with E-state index in [2.05, 4.69) is 5.32 Å². The van der Waals surface area contributed by atoms with Gasteiger partial charge in [-0.15, -0.1) is 0 Å². The largest absolute Gasteiger partial charge is 0.354 e. The van der Waals surface area contributed by atoms with Gasteiger partial charge >= 0.3 is 0 Å². The molecule has 0 saturated heterocycles. The van der Waals surface area contributed by atoms with E-state index in [1.165, 1.54) is 4.90 Å². The van der Waals surface area contributed by atoms with Crippen LogP contribution in [0.4, 0.5) is 5.69 Å². The van der Waals surface area contributed by atoms with Crippen LogP contribution in [0.2, 0.25) is 0 Å². The van der Waals surface area contributed by atoms with Crippen LogP contribution in [0, 0.1) is 13.8 Å². The van der Waals surface area contributed by atoms with Crippen molar-refractivity contribution in [1.82, 2.24) is 10.2 Å². The minimum atomic E-state index is -3.72. The molecule has 0 heterocycles. The minimum Gasteiger partial charge on any atom is -0.354 e. The predicted molar refractivity (Wildman–Crippen MR) is 128 cm³/mol. The average molecular weight is 460 g/mol. The number of benzene rings is 2. The normalized spacial score (nSPS) is 12.2. The number of hydrogen-bond acceptors (Lipinski definition) is 4. The number of aryl methyl sites for hydroxylation is 2. The summed E-state index contributed by atoms with van der Waals surface area (Å²) < 4.78 is 26.1. The Balaban J connectivity index is 2.35. The fourth-order valence-corrected chi connectivity index (χ4v) is 4.11. The molecule has 8 heteroatoms. The van der Waals surface area contributed by atoms with E-state index in [0.29, 0.717) is 12.2 Å². The van der Waals surface area contributed by atoms with Crippen molar-refractivity contribution in [3.05, 3.63) is 65.2 Å². The fourth-order valence-electron chi connectivity index (χ4n) is 3.27. The summed E-state index contributed by atoms with van der Waals surface area (Å²) in [6.07, 6.45) is 1.85. The molecule has 174 valence electrons. The van der Waals surface area contributed by atoms with Crippen molar-refractivity contribution in [2.45, 2.75) is 46.7 Å². The highest BCUT2D eigenvalue weighted by molar-refractivity contribution is 7.92. The van der Waals surface area contributed by atoms with Gasteiger partial charge in [0.05, 0.1) is 11.9 Å². The molecular weight excluding hydrogens is 426 g/mol. The van der Waals surface area contributed by atoms with Crippen molar-refractivity contribution < 1.29 is 18.0 Å². The molecule has 0 bridgehead atoms. The first kappa shape index (κ1) is 25.4. The predicted octanol–water partition coefficient (Wildman–Crippen LogP) is 3.01. The maximum Gasteiger partial charge on any atom is 0.244 e. The van der Waals surface area contributed by atoms with Crippen molar-refractivity contribution in [2.75, 3.05) is 23.7 Å². The number of carbonyl (C=O) groups excluding carboxylic acids is 2. The monoisotopic (exact) mass is 459 g/mol. The lowest BCUT2D eigenvalue weighted by Gasteiger charge is -2.31. The molecule has 32 heavy (non-hydrogen) atoms. The van der Waals surface area contributed by atoms with E-state index in [4.69, 9.17) is 0 Å². The van der Waals surface area contributed by atoms with Crippen LogP contribution in [0.3, 0.4) is 0 Å². The summed E-state index contributed by atoms with van der Waals surface area (Å²) in [5.74, 6) is -0.717. The van der Waals surface area contributed by atoms with Gasteiger partial charge in [0.25, 0.3) is 0 Å². The van der Waals surface area contributed by atoms with E-state index in [0.717, 1.165) is 33.7 Å². The number of hydrogen-bond donors (Lipinski definition) is 1. The third-order valence-corrected chi connectivity index (χ3v) is 6.30. The van der Waals surface area contributed by atoms with Crippen LogP contribution in [0.1, 0.15) is 37.0 Å². The highest BCUT2D eigenvalue weighted by Gasteiger charge is 2.29. The highest BCUT2D eigenvalue weighted by Crippen LogP contribution is 2.20. The van der Waals surface area contributed by atoms with Crippen molar-refractivity contribution in [3.63, 3.8) is 0 Å². The maximum atomic E-state index is 13.4. The number of rotatable bonds is 10. The lowest BCUT2D eigenvalue weighted by molar-refractivity contribution is -0.139. The quantitative estimate of drug-likeness (QED) is 0.592. The van der Waals surface area contributed by atoms with E-state index in [9.17, 15) is 18.0 Å². The molecule has 7 nitrogen and oxygen atoms in total. The van der Waals surface area contributed by atoms with Gasteiger partial charge in [-0.25, -0.2) is 8.42 Å². The Morgan fingerprint density at radius 2 is 1.69 bits per heavy atom. The van der Waals surface area contributed by atoms with E-state index >= 15 is 0 Å². The second-order valence-electron chi connectivity index (χ2n) is 8.08. The first-order valence-electron chi connectivity index (χ1n) is 10.7. The molecule has 1 unspecified atom stereocenters. The molecule has 0 aromatic heterocycles. The summed E-state index contributed by atoms with van der Waals surface area (Å²) in [7, 11) is -3.72. The molecule has 1 N–H and O–H groups in total. The summed E-state index contributed by atoms with van der Waals surface area (Å²) in [6.45, 7) is 7.76. The van der Waals surface area contributed by atoms with Crippen molar-refractivity contribution in [3.8, 4) is 0 Å². The second-order valence-corrected chi connectivity index (χ2v) is 9.99. The Hall–Kier alpha value is -2.87. The molecule has 2 aromatic carbocycles. The third kappa shape index (κ3) is 7.09. The summed E-state index contributed by atoms with van der Waals surface area (Å²) in [6, 6.07) is 13.9. The number of nitrogens with zero attached hydrogens (tertiary/aromatic N) is 2. The molecule has 0 spiro atoms. The van der Waals surface area contributed by atoms with Gasteiger partial charge in [0, 0.05) is 13.1 Å². The molecule has 2 rings (SSSR count). The van der Waals surface area contributed by atoms with Gasteiger partial charge in [-0.05, 0) is 50.5 Å². The van der Waals surface area contributed by atoms with E-state index in [-0.39, 0.29) is 19.0 Å². The topological polar surface area (TPSA) is 86.8 Å². The molecule has 2 amide bonds. The molecule has 0 radical (unpaired) electrons. The van der Waals surface area contributed by atoms with Gasteiger partial charge in [0.2, 0.25) is 21.8 Å². The number of anilines is 1. The van der Waals surface area contributed by atoms with E-state index < -0.39 is 22.0 Å². The number of carbonyl (C=O) groups is 2. The van der Waals surface area contributed by atoms with Crippen molar-refractivity contribution in [1.29, 1.82) is 0 Å². The standard InChI is InChI=1S/C24H33N3O4S/c1-6-14-25-24(29)20(4)26(16-21-12-10-18(2)11-13-21)23(28)17-27(32(5,30)31)22-9-7-8-19(3)15-22/h7-13,15,20H,6,14,16-17H2,1-5H3,(H,25,29). The number of sulfonamides is 1. The smallest absolute Gasteiger partial charge is 0.244 e. The Morgan fingerprint density at radius 1 is 1.03 bits per heavy atom. The number of nitrogens with one attached hydrogen (secondary N) is 1. The molecule has 2 aromatic rings. The van der Waals surface area contributed by atoms with Gasteiger partial charge in [0.15, 0.2) is 0 Å². The lowest BCUT2D eigenvalue weighted by atomic mass is 10.1. The summed E-state index contributed by atoms with van der Waals surface area (Å²) in [4.78, 5) is 27.5. The molecular formula is C24H33N3O4S. The second kappa shape index (κ2) is 11.1. The Bertz CT molecular complexity index is 1040. The van der Waals surface area contributed by atoms with Crippen LogP contribution in [-0.4, -0.2) is 50.5 Å². The minimum absolute atomic E-state index is 0.200. The van der Waals surface area contributed by atoms with Crippen LogP contribution in [0.5, 0.6) is 0 Å². The zero-order valence-electron chi connectivity index (χ0n) is 19.5. The molecule has 0 fully saturated rings. The first-order valence-corrected chi connectivity index (χ1v) is 12.5. The fraction of sp³-hybridized carbons (Fsp3) is 0.417. The zero-order valence-corrected chi connectivity index (χ0v) is 20.3. The molecule has 0 aliphatic heterocycles. The Labute approximate surface area is 191 Å². The number of amides is 2. The Morgan fingerprint density at radius 3 is 2.25 bits per heavy atom. The summed E-state index contributed by atoms with van der Waals surface area (Å²) in [5, 5.41) is 2.82. The average Bonchev–Trinajstić information content (AvgIpc) is 2.73. The van der Waals surface area contributed by atoms with Crippen LogP contribution in [-0.2, 0) is 26.2 Å². The molecule has 1 atom stereocenters. The van der Waals surface area contributed by atoms with Gasteiger partial charge in [-0.2, -0.15) is 0 Å². The van der Waals surface area contributed by atoms with Gasteiger partial charge in [-0.1, -0.05) is 48.9 Å². The summed E-state index contributed by atoms with van der Waals surface area (Å²) >= 11 is 0. The van der Waals surface area contributed by atoms with Gasteiger partial charge in [-0.3, -0.25) is 13.9 Å². The molecule has 0 aliphatic rings. The highest BCUT2D eigenvalue weighted by atomic mass is 32.2. The maximum absolute atomic E-state index is 13.4. The van der Waals surface area contributed by atoms with Gasteiger partial charge < -0.3 is 10.2 Å². The SMILES string of the molecule is CCCNC(=O)C(C)N(Cc1ccc(C)cc1)C(=O)CN(c1cccc(C)c1)S(C)(=O)=O. The van der Waals surface area contributed by atoms with E-state index in [1.807, 2.05) is 51.1 Å². The van der Waals surface area contributed by atoms with Crippen LogP contribution in [0.25, 0.3) is 0 Å². The van der Waals surface area contributed by atoms with Crippen LogP contribution >= 0.6 is 0 Å². The van der Waals surface area contributed by atoms with Crippen LogP contribution < -0.4 is 9.62 Å². The van der Waals surface area contributed by atoms with Crippen molar-refractivity contribution >= 4 is 27.5 Å².